The molecule has 1 aliphatic heterocycles. The maximum absolute atomic E-state index is 11.3. The summed E-state index contributed by atoms with van der Waals surface area (Å²) >= 11 is 0. The number of nitrogens with zero attached hydrogens (tertiary/aromatic N) is 1. The van der Waals surface area contributed by atoms with Crippen molar-refractivity contribution in [3.63, 3.8) is 0 Å². The molecule has 0 radical (unpaired) electrons. The molecule has 5 nitrogen and oxygen atoms in total. The summed E-state index contributed by atoms with van der Waals surface area (Å²) < 4.78 is 5.22. The zero-order valence-corrected chi connectivity index (χ0v) is 8.08. The molecule has 0 bridgehead atoms. The number of ether oxygens (including phenoxy) is 1. The van der Waals surface area contributed by atoms with E-state index in [1.165, 1.54) is 12.2 Å². The first-order chi connectivity index (χ1) is 6.24. The molecule has 0 saturated carbocycles. The molecule has 76 valence electrons. The normalized spacial score (nSPS) is 22.8. The Hall–Kier alpha value is -0.650. The van der Waals surface area contributed by atoms with Crippen molar-refractivity contribution >= 4 is 5.91 Å². The van der Waals surface area contributed by atoms with E-state index in [0.717, 1.165) is 13.2 Å². The van der Waals surface area contributed by atoms with Gasteiger partial charge in [-0.1, -0.05) is 0 Å². The van der Waals surface area contributed by atoms with Gasteiger partial charge in [-0.3, -0.25) is 9.63 Å². The SMILES string of the molecule is CON(C)C(=O)CC1COCCN1. The van der Waals surface area contributed by atoms with E-state index in [0.29, 0.717) is 13.0 Å². The highest BCUT2D eigenvalue weighted by molar-refractivity contribution is 5.75. The third-order valence-electron chi connectivity index (χ3n) is 2.04. The Bertz CT molecular complexity index is 169. The zero-order chi connectivity index (χ0) is 9.68. The highest BCUT2D eigenvalue weighted by Gasteiger charge is 2.18. The van der Waals surface area contributed by atoms with Crippen LogP contribution in [0.2, 0.25) is 0 Å². The molecule has 1 saturated heterocycles. The van der Waals surface area contributed by atoms with Crippen LogP contribution in [0.3, 0.4) is 0 Å². The molecule has 5 heteroatoms. The lowest BCUT2D eigenvalue weighted by Crippen LogP contribution is -2.44. The molecule has 0 aromatic heterocycles. The van der Waals surface area contributed by atoms with Crippen molar-refractivity contribution in [3.8, 4) is 0 Å². The Kier molecular flexibility index (Phi) is 4.14. The van der Waals surface area contributed by atoms with Crippen LogP contribution in [0.4, 0.5) is 0 Å². The van der Waals surface area contributed by atoms with Crippen molar-refractivity contribution in [3.05, 3.63) is 0 Å². The van der Waals surface area contributed by atoms with E-state index < -0.39 is 0 Å². The van der Waals surface area contributed by atoms with Crippen LogP contribution >= 0.6 is 0 Å². The van der Waals surface area contributed by atoms with E-state index in [4.69, 9.17) is 9.57 Å². The average molecular weight is 188 g/mol. The summed E-state index contributed by atoms with van der Waals surface area (Å²) in [6.45, 7) is 2.14. The summed E-state index contributed by atoms with van der Waals surface area (Å²) in [6, 6.07) is 0.124. The van der Waals surface area contributed by atoms with Crippen molar-refractivity contribution in [1.82, 2.24) is 10.4 Å². The van der Waals surface area contributed by atoms with Gasteiger partial charge >= 0.3 is 0 Å². The lowest BCUT2D eigenvalue weighted by molar-refractivity contribution is -0.169. The molecule has 1 amide bonds. The number of hydrogen-bond donors (Lipinski definition) is 1. The Morgan fingerprint density at radius 1 is 1.77 bits per heavy atom. The van der Waals surface area contributed by atoms with Crippen molar-refractivity contribution < 1.29 is 14.4 Å². The van der Waals surface area contributed by atoms with E-state index in [2.05, 4.69) is 5.32 Å². The van der Waals surface area contributed by atoms with Crippen molar-refractivity contribution in [2.75, 3.05) is 33.9 Å². The first-order valence-corrected chi connectivity index (χ1v) is 4.36. The van der Waals surface area contributed by atoms with Gasteiger partial charge in [-0.25, -0.2) is 5.06 Å². The molecule has 1 fully saturated rings. The molecular weight excluding hydrogens is 172 g/mol. The van der Waals surface area contributed by atoms with Crippen molar-refractivity contribution in [2.24, 2.45) is 0 Å². The van der Waals surface area contributed by atoms with Gasteiger partial charge in [0.05, 0.1) is 20.3 Å². The first-order valence-electron chi connectivity index (χ1n) is 4.36. The smallest absolute Gasteiger partial charge is 0.247 e. The van der Waals surface area contributed by atoms with Gasteiger partial charge in [-0.2, -0.15) is 0 Å². The molecule has 1 unspecified atom stereocenters. The predicted molar refractivity (Wildman–Crippen MR) is 47.0 cm³/mol. The third kappa shape index (κ3) is 3.30. The average Bonchev–Trinajstić information content (AvgIpc) is 2.18. The molecule has 13 heavy (non-hydrogen) atoms. The predicted octanol–water partition coefficient (Wildman–Crippen LogP) is -0.615. The maximum Gasteiger partial charge on any atom is 0.247 e. The minimum Gasteiger partial charge on any atom is -0.378 e. The van der Waals surface area contributed by atoms with E-state index in [-0.39, 0.29) is 11.9 Å². The molecule has 1 atom stereocenters. The summed E-state index contributed by atoms with van der Waals surface area (Å²) in [6.07, 6.45) is 0.421. The Labute approximate surface area is 77.9 Å². The van der Waals surface area contributed by atoms with Crippen LogP contribution < -0.4 is 5.32 Å². The quantitative estimate of drug-likeness (QED) is 0.600. The van der Waals surface area contributed by atoms with Gasteiger partial charge in [-0.05, 0) is 0 Å². The lowest BCUT2D eigenvalue weighted by atomic mass is 10.2. The van der Waals surface area contributed by atoms with Crippen molar-refractivity contribution in [1.29, 1.82) is 0 Å². The minimum atomic E-state index is -0.0366. The second-order valence-corrected chi connectivity index (χ2v) is 3.00. The highest BCUT2D eigenvalue weighted by atomic mass is 16.7. The molecule has 0 aromatic rings. The van der Waals surface area contributed by atoms with Crippen LogP contribution in [0.1, 0.15) is 6.42 Å². The number of amides is 1. The molecular formula is C8H16N2O3. The van der Waals surface area contributed by atoms with Crippen LogP contribution in [0.15, 0.2) is 0 Å². The van der Waals surface area contributed by atoms with E-state index in [9.17, 15) is 4.79 Å². The van der Waals surface area contributed by atoms with E-state index >= 15 is 0 Å². The molecule has 1 heterocycles. The van der Waals surface area contributed by atoms with Gasteiger partial charge in [0.15, 0.2) is 0 Å². The lowest BCUT2D eigenvalue weighted by Gasteiger charge is -2.24. The molecule has 1 aliphatic rings. The van der Waals surface area contributed by atoms with Gasteiger partial charge < -0.3 is 10.1 Å². The van der Waals surface area contributed by atoms with Crippen LogP contribution in [-0.4, -0.2) is 50.9 Å². The third-order valence-corrected chi connectivity index (χ3v) is 2.04. The van der Waals surface area contributed by atoms with Gasteiger partial charge in [-0.15, -0.1) is 0 Å². The Balaban J connectivity index is 2.26. The largest absolute Gasteiger partial charge is 0.378 e. The highest BCUT2D eigenvalue weighted by Crippen LogP contribution is 2.01. The summed E-state index contributed by atoms with van der Waals surface area (Å²) in [4.78, 5) is 16.1. The minimum absolute atomic E-state index is 0.0366. The number of nitrogens with one attached hydrogen (secondary N) is 1. The molecule has 0 aromatic carbocycles. The van der Waals surface area contributed by atoms with E-state index in [1.807, 2.05) is 0 Å². The molecule has 1 N–H and O–H groups in total. The summed E-state index contributed by atoms with van der Waals surface area (Å²) in [7, 11) is 3.08. The number of carbonyl (C=O) groups excluding carboxylic acids is 1. The number of morpholine rings is 1. The topological polar surface area (TPSA) is 50.8 Å². The Morgan fingerprint density at radius 2 is 2.54 bits per heavy atom. The van der Waals surface area contributed by atoms with Crippen LogP contribution in [0, 0.1) is 0 Å². The van der Waals surface area contributed by atoms with Crippen LogP contribution in [0.25, 0.3) is 0 Å². The standard InChI is InChI=1S/C8H16N2O3/c1-10(12-2)8(11)5-7-6-13-4-3-9-7/h7,9H,3-6H2,1-2H3. The fourth-order valence-corrected chi connectivity index (χ4v) is 1.19. The molecule has 0 aliphatic carbocycles. The van der Waals surface area contributed by atoms with Crippen LogP contribution in [-0.2, 0) is 14.4 Å². The fraction of sp³-hybridized carbons (Fsp3) is 0.875. The van der Waals surface area contributed by atoms with Crippen LogP contribution in [0.5, 0.6) is 0 Å². The summed E-state index contributed by atoms with van der Waals surface area (Å²) in [5.41, 5.74) is 0. The van der Waals surface area contributed by atoms with Gasteiger partial charge in [0.25, 0.3) is 0 Å². The van der Waals surface area contributed by atoms with Gasteiger partial charge in [0.2, 0.25) is 5.91 Å². The van der Waals surface area contributed by atoms with Crippen molar-refractivity contribution in [2.45, 2.75) is 12.5 Å². The zero-order valence-electron chi connectivity index (χ0n) is 8.08. The number of rotatable bonds is 3. The Morgan fingerprint density at radius 3 is 3.08 bits per heavy atom. The van der Waals surface area contributed by atoms with Gasteiger partial charge in [0.1, 0.15) is 0 Å². The number of hydrogen-bond acceptors (Lipinski definition) is 4. The van der Waals surface area contributed by atoms with Gasteiger partial charge in [0, 0.05) is 26.1 Å². The number of hydroxylamine groups is 2. The summed E-state index contributed by atoms with van der Waals surface area (Å²) in [5, 5.41) is 4.43. The monoisotopic (exact) mass is 188 g/mol. The first kappa shape index (κ1) is 10.4. The van der Waals surface area contributed by atoms with E-state index in [1.54, 1.807) is 7.05 Å². The second-order valence-electron chi connectivity index (χ2n) is 3.00. The number of carbonyl (C=O) groups is 1. The molecule has 0 spiro atoms. The maximum atomic E-state index is 11.3. The second kappa shape index (κ2) is 5.16. The molecule has 1 rings (SSSR count). The fourth-order valence-electron chi connectivity index (χ4n) is 1.19. The summed E-state index contributed by atoms with van der Waals surface area (Å²) in [5.74, 6) is -0.0366.